The van der Waals surface area contributed by atoms with Crippen molar-refractivity contribution in [3.63, 3.8) is 0 Å². The average molecular weight is 829 g/mol. The third kappa shape index (κ3) is 8.29. The van der Waals surface area contributed by atoms with Gasteiger partial charge >= 0.3 is 0 Å². The van der Waals surface area contributed by atoms with Crippen molar-refractivity contribution in [3.05, 3.63) is 86.2 Å². The molecule has 3 aromatic carbocycles. The van der Waals surface area contributed by atoms with Gasteiger partial charge in [-0.1, -0.05) is 63.7 Å². The SMILES string of the molecule is NC1CCN(c2ccc(Br)cc2)C1=O.NC1CCN(c2ccc(Br)cc2)C1=O.O=C1C(Br)CCN1c1ccc(Br)cc1. The van der Waals surface area contributed by atoms with Crippen LogP contribution in [0.1, 0.15) is 19.3 Å². The van der Waals surface area contributed by atoms with E-state index in [4.69, 9.17) is 11.5 Å². The molecule has 0 bridgehead atoms. The number of anilines is 3. The molecule has 0 saturated carbocycles. The van der Waals surface area contributed by atoms with Crippen molar-refractivity contribution in [2.24, 2.45) is 11.5 Å². The Balaban J connectivity index is 0.000000145. The fourth-order valence-corrected chi connectivity index (χ4v) is 5.93. The second kappa shape index (κ2) is 15.1. The number of carbonyl (C=O) groups excluding carboxylic acids is 3. The quantitative estimate of drug-likeness (QED) is 0.316. The molecule has 12 heteroatoms. The number of hydrogen-bond acceptors (Lipinski definition) is 5. The maximum atomic E-state index is 11.7. The van der Waals surface area contributed by atoms with Gasteiger partial charge in [-0.2, -0.15) is 0 Å². The van der Waals surface area contributed by atoms with Crippen molar-refractivity contribution < 1.29 is 14.4 Å². The number of halogens is 4. The average Bonchev–Trinajstić information content (AvgIpc) is 3.62. The minimum atomic E-state index is -0.321. The molecule has 8 nitrogen and oxygen atoms in total. The Labute approximate surface area is 279 Å². The van der Waals surface area contributed by atoms with Crippen LogP contribution in [0.3, 0.4) is 0 Å². The zero-order valence-corrected chi connectivity index (χ0v) is 29.0. The number of carbonyl (C=O) groups is 3. The summed E-state index contributed by atoms with van der Waals surface area (Å²) in [7, 11) is 0. The molecule has 3 fully saturated rings. The molecular formula is C30H31Br4N5O3. The molecule has 0 radical (unpaired) electrons. The standard InChI is InChI=1S/C10H9Br2NO.2C10H11BrN2O/c3*11-7-1-3-8(4-2-7)13-6-5-9(12)10(13)14/h1-4,9H,5-6H2;2*1-4,9H,5-6,12H2. The lowest BCUT2D eigenvalue weighted by molar-refractivity contribution is -0.118. The molecule has 222 valence electrons. The Kier molecular flexibility index (Phi) is 11.8. The summed E-state index contributed by atoms with van der Waals surface area (Å²) >= 11 is 13.4. The molecule has 3 aromatic rings. The van der Waals surface area contributed by atoms with Gasteiger partial charge in [0.25, 0.3) is 0 Å². The van der Waals surface area contributed by atoms with Gasteiger partial charge in [0.2, 0.25) is 17.7 Å². The highest BCUT2D eigenvalue weighted by atomic mass is 79.9. The summed E-state index contributed by atoms with van der Waals surface area (Å²) in [4.78, 5) is 40.1. The molecule has 3 atom stereocenters. The molecular weight excluding hydrogens is 798 g/mol. The lowest BCUT2D eigenvalue weighted by Gasteiger charge is -2.15. The summed E-state index contributed by atoms with van der Waals surface area (Å²) in [6.07, 6.45) is 2.37. The Morgan fingerprint density at radius 1 is 0.500 bits per heavy atom. The molecule has 3 aliphatic heterocycles. The first kappa shape index (κ1) is 32.8. The van der Waals surface area contributed by atoms with Gasteiger partial charge in [-0.3, -0.25) is 14.4 Å². The minimum Gasteiger partial charge on any atom is -0.320 e. The van der Waals surface area contributed by atoms with Crippen LogP contribution in [-0.4, -0.2) is 54.3 Å². The molecule has 42 heavy (non-hydrogen) atoms. The molecule has 4 N–H and O–H groups in total. The Hall–Kier alpha value is -2.09. The fraction of sp³-hybridized carbons (Fsp3) is 0.300. The first-order valence-corrected chi connectivity index (χ1v) is 16.7. The van der Waals surface area contributed by atoms with Crippen LogP contribution >= 0.6 is 63.7 Å². The van der Waals surface area contributed by atoms with Crippen LogP contribution in [-0.2, 0) is 14.4 Å². The zero-order valence-electron chi connectivity index (χ0n) is 22.6. The largest absolute Gasteiger partial charge is 0.320 e. The summed E-state index contributed by atoms with van der Waals surface area (Å²) < 4.78 is 3.05. The monoisotopic (exact) mass is 825 g/mol. The van der Waals surface area contributed by atoms with Crippen LogP contribution in [0, 0.1) is 0 Å². The van der Waals surface area contributed by atoms with Crippen LogP contribution in [0.15, 0.2) is 86.2 Å². The fourth-order valence-electron chi connectivity index (χ4n) is 4.68. The number of nitrogens with two attached hydrogens (primary N) is 2. The van der Waals surface area contributed by atoms with Gasteiger partial charge in [-0.05, 0) is 92.1 Å². The molecule has 3 heterocycles. The van der Waals surface area contributed by atoms with E-state index >= 15 is 0 Å². The Morgan fingerprint density at radius 2 is 0.786 bits per heavy atom. The van der Waals surface area contributed by atoms with E-state index in [-0.39, 0.29) is 34.6 Å². The third-order valence-electron chi connectivity index (χ3n) is 7.05. The van der Waals surface area contributed by atoms with Gasteiger partial charge < -0.3 is 26.2 Å². The highest BCUT2D eigenvalue weighted by Gasteiger charge is 2.31. The number of nitrogens with zero attached hydrogens (tertiary/aromatic N) is 3. The van der Waals surface area contributed by atoms with E-state index in [2.05, 4.69) is 63.7 Å². The van der Waals surface area contributed by atoms with Crippen LogP contribution in [0.25, 0.3) is 0 Å². The number of amides is 3. The number of benzene rings is 3. The Bertz CT molecular complexity index is 1220. The highest BCUT2D eigenvalue weighted by molar-refractivity contribution is 9.11. The smallest absolute Gasteiger partial charge is 0.243 e. The molecule has 6 rings (SSSR count). The van der Waals surface area contributed by atoms with Crippen LogP contribution in [0.2, 0.25) is 0 Å². The summed E-state index contributed by atoms with van der Waals surface area (Å²) in [5.74, 6) is 0.201. The number of rotatable bonds is 3. The molecule has 3 aliphatic rings. The summed E-state index contributed by atoms with van der Waals surface area (Å²) in [6, 6.07) is 22.5. The summed E-state index contributed by atoms with van der Waals surface area (Å²) in [6.45, 7) is 2.25. The van der Waals surface area contributed by atoms with E-state index < -0.39 is 0 Å². The second-order valence-corrected chi connectivity index (χ2v) is 13.8. The van der Waals surface area contributed by atoms with Crippen LogP contribution in [0.5, 0.6) is 0 Å². The van der Waals surface area contributed by atoms with E-state index in [1.165, 1.54) is 0 Å². The van der Waals surface area contributed by atoms with E-state index in [1.807, 2.05) is 77.7 Å². The molecule has 0 spiro atoms. The van der Waals surface area contributed by atoms with Crippen molar-refractivity contribution in [2.75, 3.05) is 34.3 Å². The minimum absolute atomic E-state index is 0.00820. The van der Waals surface area contributed by atoms with E-state index in [9.17, 15) is 14.4 Å². The first-order valence-electron chi connectivity index (χ1n) is 13.4. The normalized spacial score (nSPS) is 21.7. The lowest BCUT2D eigenvalue weighted by Crippen LogP contribution is -2.33. The van der Waals surface area contributed by atoms with Gasteiger partial charge in [-0.25, -0.2) is 0 Å². The molecule has 3 saturated heterocycles. The number of hydrogen-bond donors (Lipinski definition) is 2. The molecule has 3 amide bonds. The van der Waals surface area contributed by atoms with Gasteiger partial charge in [0.1, 0.15) is 0 Å². The summed E-state index contributed by atoms with van der Waals surface area (Å²) in [5, 5.41) is 0. The lowest BCUT2D eigenvalue weighted by atomic mass is 10.3. The Morgan fingerprint density at radius 3 is 1.02 bits per heavy atom. The van der Waals surface area contributed by atoms with Gasteiger partial charge in [0, 0.05) is 50.1 Å². The predicted molar refractivity (Wildman–Crippen MR) is 182 cm³/mol. The van der Waals surface area contributed by atoms with Gasteiger partial charge in [-0.15, -0.1) is 0 Å². The predicted octanol–water partition coefficient (Wildman–Crippen LogP) is 5.98. The number of alkyl halides is 1. The van der Waals surface area contributed by atoms with E-state index in [0.717, 1.165) is 69.4 Å². The van der Waals surface area contributed by atoms with E-state index in [0.29, 0.717) is 0 Å². The zero-order chi connectivity index (χ0) is 30.4. The topological polar surface area (TPSA) is 113 Å². The summed E-state index contributed by atoms with van der Waals surface area (Å²) in [5.41, 5.74) is 14.1. The highest BCUT2D eigenvalue weighted by Crippen LogP contribution is 2.27. The maximum absolute atomic E-state index is 11.7. The van der Waals surface area contributed by atoms with Gasteiger partial charge in [0.05, 0.1) is 16.9 Å². The van der Waals surface area contributed by atoms with Crippen LogP contribution < -0.4 is 26.2 Å². The van der Waals surface area contributed by atoms with Crippen molar-refractivity contribution in [1.82, 2.24) is 0 Å². The van der Waals surface area contributed by atoms with Crippen molar-refractivity contribution >= 4 is 98.5 Å². The van der Waals surface area contributed by atoms with Crippen LogP contribution in [0.4, 0.5) is 17.1 Å². The molecule has 0 aliphatic carbocycles. The van der Waals surface area contributed by atoms with E-state index in [1.54, 1.807) is 9.80 Å². The van der Waals surface area contributed by atoms with Crippen molar-refractivity contribution in [2.45, 2.75) is 36.2 Å². The first-order chi connectivity index (χ1) is 20.0. The molecule has 3 unspecified atom stereocenters. The third-order valence-corrected chi connectivity index (χ3v) is 9.48. The van der Waals surface area contributed by atoms with Gasteiger partial charge in [0.15, 0.2) is 0 Å². The van der Waals surface area contributed by atoms with Crippen molar-refractivity contribution in [1.29, 1.82) is 0 Å². The second-order valence-electron chi connectivity index (χ2n) is 9.95. The van der Waals surface area contributed by atoms with Crippen molar-refractivity contribution in [3.8, 4) is 0 Å². The maximum Gasteiger partial charge on any atom is 0.243 e. The molecule has 0 aromatic heterocycles.